The fourth-order valence-electron chi connectivity index (χ4n) is 4.21. The molecule has 174 valence electrons. The van der Waals surface area contributed by atoms with Gasteiger partial charge in [0.25, 0.3) is 11.8 Å². The summed E-state index contributed by atoms with van der Waals surface area (Å²) in [6.45, 7) is 0.237. The van der Waals surface area contributed by atoms with E-state index in [-0.39, 0.29) is 49.1 Å². The second-order valence-corrected chi connectivity index (χ2v) is 8.56. The smallest absolute Gasteiger partial charge is 0.308 e. The average molecular weight is 473 g/mol. The number of ether oxygens (including phenoxy) is 3. The Morgan fingerprint density at radius 1 is 1.21 bits per heavy atom. The number of hydrogen-bond acceptors (Lipinski definition) is 6. The van der Waals surface area contributed by atoms with Crippen molar-refractivity contribution in [1.29, 1.82) is 0 Å². The molecule has 2 amide bonds. The Morgan fingerprint density at radius 2 is 2.03 bits per heavy atom. The van der Waals surface area contributed by atoms with Gasteiger partial charge in [-0.15, -0.1) is 0 Å². The highest BCUT2D eigenvalue weighted by molar-refractivity contribution is 6.31. The maximum Gasteiger partial charge on any atom is 0.308 e. The Hall–Kier alpha value is -3.10. The molecule has 1 N–H and O–H groups in total. The molecule has 1 fully saturated rings. The summed E-state index contributed by atoms with van der Waals surface area (Å²) in [5, 5.41) is 3.26. The van der Waals surface area contributed by atoms with Crippen molar-refractivity contribution < 1.29 is 28.6 Å². The first kappa shape index (κ1) is 23.1. The van der Waals surface area contributed by atoms with Gasteiger partial charge in [0.2, 0.25) is 0 Å². The normalized spacial score (nSPS) is 22.2. The summed E-state index contributed by atoms with van der Waals surface area (Å²) in [7, 11) is 3.08. The van der Waals surface area contributed by atoms with Gasteiger partial charge in [-0.2, -0.15) is 0 Å². The van der Waals surface area contributed by atoms with Gasteiger partial charge in [0.05, 0.1) is 31.2 Å². The highest BCUT2D eigenvalue weighted by atomic mass is 35.5. The van der Waals surface area contributed by atoms with Gasteiger partial charge in [0.1, 0.15) is 18.5 Å². The van der Waals surface area contributed by atoms with Gasteiger partial charge in [-0.25, -0.2) is 0 Å². The van der Waals surface area contributed by atoms with Gasteiger partial charge in [-0.05, 0) is 49.2 Å². The SMILES string of the molecule is COC(=O)C[C@@H]1CC[C@@H]2[C@@H](COc3ccc(NC(=O)c4cccc(Cl)c4)cc3C(=O)N2C)O1. The number of nitrogens with one attached hydrogen (secondary N) is 1. The lowest BCUT2D eigenvalue weighted by Gasteiger charge is -2.42. The molecule has 2 heterocycles. The lowest BCUT2D eigenvalue weighted by molar-refractivity contribution is -0.151. The summed E-state index contributed by atoms with van der Waals surface area (Å²) in [6.07, 6.45) is 0.852. The van der Waals surface area contributed by atoms with E-state index in [4.69, 9.17) is 25.8 Å². The second kappa shape index (κ2) is 9.80. The quantitative estimate of drug-likeness (QED) is 0.684. The Labute approximate surface area is 196 Å². The van der Waals surface area contributed by atoms with E-state index >= 15 is 0 Å². The molecular weight excluding hydrogens is 448 g/mol. The number of esters is 1. The molecule has 0 radical (unpaired) electrons. The number of fused-ring (bicyclic) bond motifs is 2. The third-order valence-electron chi connectivity index (χ3n) is 5.98. The number of benzene rings is 2. The maximum atomic E-state index is 13.3. The summed E-state index contributed by atoms with van der Waals surface area (Å²) in [4.78, 5) is 39.1. The summed E-state index contributed by atoms with van der Waals surface area (Å²) >= 11 is 5.97. The number of nitrogens with zero attached hydrogens (tertiary/aromatic N) is 1. The minimum absolute atomic E-state index is 0.170. The number of methoxy groups -OCH3 is 1. The summed E-state index contributed by atoms with van der Waals surface area (Å²) in [6, 6.07) is 11.4. The molecule has 0 unspecified atom stereocenters. The zero-order chi connectivity index (χ0) is 23.5. The standard InChI is InChI=1S/C24H25ClN2O6/c1-27-19-8-7-17(12-22(28)31-2)33-21(19)13-32-20-9-6-16(11-18(20)24(27)30)26-23(29)14-4-3-5-15(25)10-14/h3-6,9-11,17,19,21H,7-8,12-13H2,1-2H3,(H,26,29)/t17-,19+,21+/m0/s1. The van der Waals surface area contributed by atoms with Crippen molar-refractivity contribution in [1.82, 2.24) is 4.90 Å². The average Bonchev–Trinajstić information content (AvgIpc) is 2.81. The number of rotatable bonds is 4. The van der Waals surface area contributed by atoms with Crippen molar-refractivity contribution in [3.05, 3.63) is 58.6 Å². The molecule has 2 aromatic carbocycles. The molecule has 33 heavy (non-hydrogen) atoms. The number of carbonyl (C=O) groups is 3. The molecule has 1 saturated heterocycles. The van der Waals surface area contributed by atoms with E-state index in [1.165, 1.54) is 7.11 Å². The van der Waals surface area contributed by atoms with Crippen LogP contribution in [-0.2, 0) is 14.3 Å². The van der Waals surface area contributed by atoms with Crippen LogP contribution < -0.4 is 10.1 Å². The lowest BCUT2D eigenvalue weighted by atomic mass is 9.94. The molecule has 0 aromatic heterocycles. The molecule has 0 spiro atoms. The zero-order valence-electron chi connectivity index (χ0n) is 18.4. The van der Waals surface area contributed by atoms with Gasteiger partial charge in [-0.1, -0.05) is 17.7 Å². The van der Waals surface area contributed by atoms with Crippen molar-refractivity contribution in [2.24, 2.45) is 0 Å². The minimum atomic E-state index is -0.363. The van der Waals surface area contributed by atoms with Crippen molar-refractivity contribution in [2.45, 2.75) is 37.5 Å². The Balaban J connectivity index is 1.52. The van der Waals surface area contributed by atoms with Gasteiger partial charge >= 0.3 is 5.97 Å². The van der Waals surface area contributed by atoms with Crippen LogP contribution in [-0.4, -0.2) is 61.7 Å². The highest BCUT2D eigenvalue weighted by Crippen LogP contribution is 2.32. The van der Waals surface area contributed by atoms with E-state index in [9.17, 15) is 14.4 Å². The van der Waals surface area contributed by atoms with Crippen LogP contribution in [0.2, 0.25) is 5.02 Å². The molecular formula is C24H25ClN2O6. The minimum Gasteiger partial charge on any atom is -0.490 e. The first-order valence-corrected chi connectivity index (χ1v) is 11.1. The summed E-state index contributed by atoms with van der Waals surface area (Å²) in [5.41, 5.74) is 1.24. The van der Waals surface area contributed by atoms with E-state index in [0.29, 0.717) is 40.4 Å². The van der Waals surface area contributed by atoms with Crippen molar-refractivity contribution in [2.75, 3.05) is 26.1 Å². The summed E-state index contributed by atoms with van der Waals surface area (Å²) < 4.78 is 16.8. The highest BCUT2D eigenvalue weighted by Gasteiger charge is 2.39. The molecule has 2 aliphatic rings. The van der Waals surface area contributed by atoms with Crippen LogP contribution in [0.25, 0.3) is 0 Å². The Kier molecular flexibility index (Phi) is 6.85. The van der Waals surface area contributed by atoms with Crippen LogP contribution in [0, 0.1) is 0 Å². The molecule has 4 rings (SSSR count). The fourth-order valence-corrected chi connectivity index (χ4v) is 4.40. The molecule has 0 saturated carbocycles. The Morgan fingerprint density at radius 3 is 2.79 bits per heavy atom. The monoisotopic (exact) mass is 472 g/mol. The van der Waals surface area contributed by atoms with E-state index < -0.39 is 0 Å². The van der Waals surface area contributed by atoms with Crippen LogP contribution in [0.4, 0.5) is 5.69 Å². The predicted octanol–water partition coefficient (Wildman–Crippen LogP) is 3.54. The largest absolute Gasteiger partial charge is 0.490 e. The van der Waals surface area contributed by atoms with E-state index in [0.717, 1.165) is 0 Å². The first-order valence-electron chi connectivity index (χ1n) is 10.7. The van der Waals surface area contributed by atoms with Crippen molar-refractivity contribution in [3.8, 4) is 5.75 Å². The molecule has 2 aliphatic heterocycles. The van der Waals surface area contributed by atoms with Crippen LogP contribution in [0.1, 0.15) is 40.0 Å². The molecule has 2 aromatic rings. The molecule has 3 atom stereocenters. The third kappa shape index (κ3) is 5.12. The van der Waals surface area contributed by atoms with Gasteiger partial charge in [0.15, 0.2) is 0 Å². The van der Waals surface area contributed by atoms with Gasteiger partial charge < -0.3 is 24.4 Å². The van der Waals surface area contributed by atoms with E-state index in [1.807, 2.05) is 0 Å². The first-order chi connectivity index (χ1) is 15.9. The number of carbonyl (C=O) groups excluding carboxylic acids is 3. The number of halogens is 1. The summed E-state index contributed by atoms with van der Waals surface area (Å²) in [5.74, 6) is -0.479. The molecule has 9 heteroatoms. The number of anilines is 1. The van der Waals surface area contributed by atoms with Crippen LogP contribution in [0.5, 0.6) is 5.75 Å². The molecule has 8 nitrogen and oxygen atoms in total. The predicted molar refractivity (Wildman–Crippen MR) is 122 cm³/mol. The lowest BCUT2D eigenvalue weighted by Crippen LogP contribution is -2.53. The second-order valence-electron chi connectivity index (χ2n) is 8.12. The zero-order valence-corrected chi connectivity index (χ0v) is 19.1. The van der Waals surface area contributed by atoms with E-state index in [1.54, 1.807) is 54.4 Å². The van der Waals surface area contributed by atoms with Crippen molar-refractivity contribution >= 4 is 35.1 Å². The van der Waals surface area contributed by atoms with E-state index in [2.05, 4.69) is 5.32 Å². The van der Waals surface area contributed by atoms with Crippen molar-refractivity contribution in [3.63, 3.8) is 0 Å². The van der Waals surface area contributed by atoms with Crippen LogP contribution in [0.3, 0.4) is 0 Å². The maximum absolute atomic E-state index is 13.3. The van der Waals surface area contributed by atoms with Crippen LogP contribution in [0.15, 0.2) is 42.5 Å². The number of amides is 2. The third-order valence-corrected chi connectivity index (χ3v) is 6.21. The van der Waals surface area contributed by atoms with Gasteiger partial charge in [-0.3, -0.25) is 14.4 Å². The van der Waals surface area contributed by atoms with Gasteiger partial charge in [0, 0.05) is 23.3 Å². The fraction of sp³-hybridized carbons (Fsp3) is 0.375. The topological polar surface area (TPSA) is 94.2 Å². The number of hydrogen-bond donors (Lipinski definition) is 1. The molecule has 0 bridgehead atoms. The van der Waals surface area contributed by atoms with Crippen LogP contribution >= 0.6 is 11.6 Å². The molecule has 0 aliphatic carbocycles. The number of likely N-dealkylation sites (N-methyl/N-ethyl adjacent to an activating group) is 1. The Bertz CT molecular complexity index is 1070.